The molecule has 0 aliphatic carbocycles. The third-order valence-electron chi connectivity index (χ3n) is 2.39. The van der Waals surface area contributed by atoms with E-state index in [4.69, 9.17) is 0 Å². The van der Waals surface area contributed by atoms with Crippen molar-refractivity contribution in [2.45, 2.75) is 6.92 Å². The molecule has 0 aromatic heterocycles. The molecule has 0 saturated carbocycles. The topological polar surface area (TPSA) is 110 Å². The van der Waals surface area contributed by atoms with Crippen molar-refractivity contribution < 1.29 is 19.0 Å². The van der Waals surface area contributed by atoms with E-state index in [-0.39, 0.29) is 12.1 Å². The van der Waals surface area contributed by atoms with Gasteiger partial charge in [0.2, 0.25) is 5.75 Å². The predicted molar refractivity (Wildman–Crippen MR) is 70.6 cm³/mol. The molecule has 1 aromatic carbocycles. The molecule has 1 amide bonds. The number of benzene rings is 1. The Morgan fingerprint density at radius 3 is 2.79 bits per heavy atom. The number of carbonyl (C=O) groups excluding carboxylic acids is 1. The Kier molecular flexibility index (Phi) is 5.43. The normalized spacial score (nSPS) is 11.8. The van der Waals surface area contributed by atoms with Crippen LogP contribution in [0.15, 0.2) is 18.2 Å². The summed E-state index contributed by atoms with van der Waals surface area (Å²) in [4.78, 5) is 21.6. The zero-order valence-corrected chi connectivity index (χ0v) is 11.1. The third kappa shape index (κ3) is 4.02. The van der Waals surface area contributed by atoms with Crippen molar-refractivity contribution in [2.75, 3.05) is 18.1 Å². The second kappa shape index (κ2) is 6.83. The quantitative estimate of drug-likeness (QED) is 0.593. The number of nitro benzene ring substituents is 1. The summed E-state index contributed by atoms with van der Waals surface area (Å²) in [5, 5.41) is 22.7. The van der Waals surface area contributed by atoms with Crippen LogP contribution < -0.4 is 5.32 Å². The highest BCUT2D eigenvalue weighted by Crippen LogP contribution is 2.28. The molecule has 1 rings (SSSR count). The monoisotopic (exact) mass is 286 g/mol. The maximum absolute atomic E-state index is 11.7. The number of phenols is 1. The Bertz CT molecular complexity index is 518. The van der Waals surface area contributed by atoms with Gasteiger partial charge in [0, 0.05) is 34.9 Å². The molecule has 0 heterocycles. The summed E-state index contributed by atoms with van der Waals surface area (Å²) in [6, 6.07) is 3.71. The molecule has 1 unspecified atom stereocenters. The molecular formula is C11H14N2O5S. The van der Waals surface area contributed by atoms with E-state index in [0.29, 0.717) is 11.5 Å². The minimum atomic E-state index is -1.00. The number of hydrogen-bond acceptors (Lipinski definition) is 5. The first-order valence-electron chi connectivity index (χ1n) is 5.57. The summed E-state index contributed by atoms with van der Waals surface area (Å²) in [6.45, 7) is 1.95. The molecule has 0 saturated heterocycles. The van der Waals surface area contributed by atoms with E-state index in [1.807, 2.05) is 0 Å². The minimum absolute atomic E-state index is 0.170. The van der Waals surface area contributed by atoms with Crippen molar-refractivity contribution in [3.8, 4) is 5.75 Å². The average Bonchev–Trinajstić information content (AvgIpc) is 2.38. The van der Waals surface area contributed by atoms with Crippen LogP contribution in [0.1, 0.15) is 17.3 Å². The van der Waals surface area contributed by atoms with Crippen LogP contribution in [-0.4, -0.2) is 38.2 Å². The summed E-state index contributed by atoms with van der Waals surface area (Å²) >= 11 is 0. The fourth-order valence-corrected chi connectivity index (χ4v) is 2.00. The van der Waals surface area contributed by atoms with Gasteiger partial charge < -0.3 is 10.4 Å². The highest BCUT2D eigenvalue weighted by molar-refractivity contribution is 7.84. The molecule has 8 heteroatoms. The predicted octanol–water partition coefficient (Wildman–Crippen LogP) is 0.799. The molecule has 0 bridgehead atoms. The molecule has 0 fully saturated rings. The van der Waals surface area contributed by atoms with Crippen molar-refractivity contribution in [1.29, 1.82) is 0 Å². The van der Waals surface area contributed by atoms with Crippen molar-refractivity contribution in [3.05, 3.63) is 33.9 Å². The molecule has 1 atom stereocenters. The highest BCUT2D eigenvalue weighted by atomic mass is 32.2. The van der Waals surface area contributed by atoms with Gasteiger partial charge in [-0.2, -0.15) is 0 Å². The smallest absolute Gasteiger partial charge is 0.311 e. The molecule has 2 N–H and O–H groups in total. The van der Waals surface area contributed by atoms with Crippen molar-refractivity contribution in [2.24, 2.45) is 0 Å². The zero-order chi connectivity index (χ0) is 14.4. The number of nitro groups is 1. The van der Waals surface area contributed by atoms with Gasteiger partial charge in [-0.3, -0.25) is 19.1 Å². The van der Waals surface area contributed by atoms with E-state index in [1.54, 1.807) is 6.92 Å². The first-order chi connectivity index (χ1) is 8.97. The first kappa shape index (κ1) is 15.1. The Balaban J connectivity index is 2.75. The van der Waals surface area contributed by atoms with E-state index in [0.717, 1.165) is 6.07 Å². The second-order valence-electron chi connectivity index (χ2n) is 3.62. The summed E-state index contributed by atoms with van der Waals surface area (Å²) in [7, 11) is -1.00. The molecule has 19 heavy (non-hydrogen) atoms. The zero-order valence-electron chi connectivity index (χ0n) is 10.3. The van der Waals surface area contributed by atoms with Gasteiger partial charge in [0.05, 0.1) is 10.5 Å². The standard InChI is InChI=1S/C11H14N2O5S/c1-2-19(18)7-6-12-11(15)8-4-3-5-9(10(8)14)13(16)17/h3-5,14H,2,6-7H2,1H3,(H,12,15). The fraction of sp³-hybridized carbons (Fsp3) is 0.364. The van der Waals surface area contributed by atoms with Crippen LogP contribution in [0.2, 0.25) is 0 Å². The van der Waals surface area contributed by atoms with E-state index in [1.165, 1.54) is 12.1 Å². The van der Waals surface area contributed by atoms with Crippen LogP contribution in [-0.2, 0) is 10.8 Å². The van der Waals surface area contributed by atoms with Gasteiger partial charge in [-0.15, -0.1) is 0 Å². The van der Waals surface area contributed by atoms with Gasteiger partial charge >= 0.3 is 5.69 Å². The maximum atomic E-state index is 11.7. The number of nitrogens with zero attached hydrogens (tertiary/aromatic N) is 1. The first-order valence-corrected chi connectivity index (χ1v) is 7.05. The molecule has 104 valence electrons. The number of rotatable bonds is 6. The molecule has 0 aliphatic rings. The molecule has 0 aliphatic heterocycles. The number of hydrogen-bond donors (Lipinski definition) is 2. The second-order valence-corrected chi connectivity index (χ2v) is 5.48. The van der Waals surface area contributed by atoms with Crippen molar-refractivity contribution in [3.63, 3.8) is 0 Å². The lowest BCUT2D eigenvalue weighted by Gasteiger charge is -2.06. The van der Waals surface area contributed by atoms with Crippen LogP contribution in [0.3, 0.4) is 0 Å². The molecule has 1 aromatic rings. The Hall–Kier alpha value is -1.96. The van der Waals surface area contributed by atoms with Crippen molar-refractivity contribution >= 4 is 22.4 Å². The third-order valence-corrected chi connectivity index (χ3v) is 3.70. The Morgan fingerprint density at radius 1 is 1.53 bits per heavy atom. The Labute approximate surface area is 112 Å². The van der Waals surface area contributed by atoms with Gasteiger partial charge in [-0.05, 0) is 6.07 Å². The van der Waals surface area contributed by atoms with Crippen LogP contribution >= 0.6 is 0 Å². The van der Waals surface area contributed by atoms with Gasteiger partial charge in [-0.25, -0.2) is 0 Å². The number of phenolic OH excluding ortho intramolecular Hbond substituents is 1. The maximum Gasteiger partial charge on any atom is 0.311 e. The number of nitrogens with one attached hydrogen (secondary N) is 1. The Morgan fingerprint density at radius 2 is 2.21 bits per heavy atom. The molecular weight excluding hydrogens is 272 g/mol. The van der Waals surface area contributed by atoms with Gasteiger partial charge in [-0.1, -0.05) is 13.0 Å². The lowest BCUT2D eigenvalue weighted by Crippen LogP contribution is -2.28. The molecule has 0 radical (unpaired) electrons. The van der Waals surface area contributed by atoms with Crippen LogP contribution in [0, 0.1) is 10.1 Å². The summed E-state index contributed by atoms with van der Waals surface area (Å²) in [5.74, 6) is -0.494. The lowest BCUT2D eigenvalue weighted by atomic mass is 10.1. The van der Waals surface area contributed by atoms with E-state index >= 15 is 0 Å². The van der Waals surface area contributed by atoms with E-state index < -0.39 is 33.1 Å². The van der Waals surface area contributed by atoms with Gasteiger partial charge in [0.1, 0.15) is 0 Å². The number of para-hydroxylation sites is 1. The van der Waals surface area contributed by atoms with Gasteiger partial charge in [0.15, 0.2) is 0 Å². The number of aromatic hydroxyl groups is 1. The molecule has 0 spiro atoms. The average molecular weight is 286 g/mol. The van der Waals surface area contributed by atoms with Crippen LogP contribution in [0.4, 0.5) is 5.69 Å². The fourth-order valence-electron chi connectivity index (χ4n) is 1.38. The summed E-state index contributed by atoms with van der Waals surface area (Å²) in [6.07, 6.45) is 0. The van der Waals surface area contributed by atoms with E-state index in [9.17, 15) is 24.2 Å². The summed E-state index contributed by atoms with van der Waals surface area (Å²) in [5.41, 5.74) is -0.693. The summed E-state index contributed by atoms with van der Waals surface area (Å²) < 4.78 is 11.2. The van der Waals surface area contributed by atoms with Crippen LogP contribution in [0.25, 0.3) is 0 Å². The number of carbonyl (C=O) groups is 1. The van der Waals surface area contributed by atoms with Gasteiger partial charge in [0.25, 0.3) is 5.91 Å². The molecule has 7 nitrogen and oxygen atoms in total. The van der Waals surface area contributed by atoms with E-state index in [2.05, 4.69) is 5.32 Å². The lowest BCUT2D eigenvalue weighted by molar-refractivity contribution is -0.385. The van der Waals surface area contributed by atoms with Crippen LogP contribution in [0.5, 0.6) is 5.75 Å². The highest BCUT2D eigenvalue weighted by Gasteiger charge is 2.20. The largest absolute Gasteiger partial charge is 0.502 e. The SMILES string of the molecule is CCS(=O)CCNC(=O)c1cccc([N+](=O)[O-])c1O. The number of amides is 1. The minimum Gasteiger partial charge on any atom is -0.502 e. The van der Waals surface area contributed by atoms with Crippen molar-refractivity contribution in [1.82, 2.24) is 5.32 Å².